The fourth-order valence-electron chi connectivity index (χ4n) is 3.65. The molecule has 0 spiro atoms. The Hall–Kier alpha value is -2.62. The molecule has 0 aliphatic heterocycles. The second-order valence-corrected chi connectivity index (χ2v) is 8.99. The molecule has 0 fully saturated rings. The lowest BCUT2D eigenvalue weighted by atomic mass is 10.00. The summed E-state index contributed by atoms with van der Waals surface area (Å²) in [6.07, 6.45) is 1.64. The van der Waals surface area contributed by atoms with Crippen molar-refractivity contribution < 1.29 is 9.59 Å². The lowest BCUT2D eigenvalue weighted by Crippen LogP contribution is -2.50. The Balaban J connectivity index is 2.17. The Morgan fingerprint density at radius 3 is 2.00 bits per heavy atom. The highest BCUT2D eigenvalue weighted by molar-refractivity contribution is 5.87. The van der Waals surface area contributed by atoms with E-state index in [2.05, 4.69) is 43.4 Å². The average molecular weight is 423 g/mol. The number of carbonyl (C=O) groups excluding carboxylic acids is 2. The summed E-state index contributed by atoms with van der Waals surface area (Å²) in [6, 6.07) is 16.2. The van der Waals surface area contributed by atoms with Crippen molar-refractivity contribution in [1.29, 1.82) is 0 Å². The van der Waals surface area contributed by atoms with E-state index in [9.17, 15) is 9.59 Å². The van der Waals surface area contributed by atoms with Gasteiger partial charge in [-0.05, 0) is 56.2 Å². The van der Waals surface area contributed by atoms with E-state index in [1.807, 2.05) is 52.0 Å². The van der Waals surface area contributed by atoms with Crippen LogP contribution in [0.4, 0.5) is 0 Å². The lowest BCUT2D eigenvalue weighted by molar-refractivity contribution is -0.141. The van der Waals surface area contributed by atoms with Crippen molar-refractivity contribution >= 4 is 11.8 Å². The number of hydrogen-bond donors (Lipinski definition) is 1. The molecule has 1 atom stereocenters. The van der Waals surface area contributed by atoms with Crippen LogP contribution < -0.4 is 5.32 Å². The predicted octanol–water partition coefficient (Wildman–Crippen LogP) is 5.38. The first-order valence-electron chi connectivity index (χ1n) is 11.5. The molecule has 0 heterocycles. The zero-order valence-corrected chi connectivity index (χ0v) is 19.9. The number of rotatable bonds is 10. The van der Waals surface area contributed by atoms with Gasteiger partial charge in [-0.3, -0.25) is 9.59 Å². The molecule has 2 rings (SSSR count). The van der Waals surface area contributed by atoms with Gasteiger partial charge in [-0.1, -0.05) is 74.9 Å². The summed E-state index contributed by atoms with van der Waals surface area (Å²) in [5.74, 6) is 0.420. The van der Waals surface area contributed by atoms with Crippen LogP contribution in [0.1, 0.15) is 75.6 Å². The van der Waals surface area contributed by atoms with Gasteiger partial charge in [0.05, 0.1) is 0 Å². The smallest absolute Gasteiger partial charge is 0.243 e. The van der Waals surface area contributed by atoms with Crippen LogP contribution in [0.2, 0.25) is 0 Å². The van der Waals surface area contributed by atoms with Crippen LogP contribution in [0.25, 0.3) is 0 Å². The van der Waals surface area contributed by atoms with Crippen molar-refractivity contribution in [1.82, 2.24) is 10.2 Å². The highest BCUT2D eigenvalue weighted by Gasteiger charge is 2.28. The summed E-state index contributed by atoms with van der Waals surface area (Å²) in [4.78, 5) is 27.9. The van der Waals surface area contributed by atoms with Gasteiger partial charge in [-0.25, -0.2) is 0 Å². The Morgan fingerprint density at radius 2 is 1.48 bits per heavy atom. The third-order valence-corrected chi connectivity index (χ3v) is 5.56. The van der Waals surface area contributed by atoms with E-state index < -0.39 is 6.04 Å². The minimum absolute atomic E-state index is 0.0132. The first-order valence-corrected chi connectivity index (χ1v) is 11.5. The van der Waals surface area contributed by atoms with Crippen molar-refractivity contribution in [3.8, 4) is 0 Å². The molecule has 4 heteroatoms. The van der Waals surface area contributed by atoms with Crippen molar-refractivity contribution in [3.63, 3.8) is 0 Å². The van der Waals surface area contributed by atoms with Crippen LogP contribution in [-0.4, -0.2) is 28.8 Å². The molecular weight excluding hydrogens is 384 g/mol. The van der Waals surface area contributed by atoms with Crippen molar-refractivity contribution in [2.24, 2.45) is 0 Å². The normalized spacial score (nSPS) is 12.1. The number of aryl methyl sites for hydroxylation is 2. The largest absolute Gasteiger partial charge is 0.352 e. The SMILES string of the molecule is CCC(C(=O)NC(C)C)N(Cc1ccc(C)cc1)C(=O)CCc1ccc(C(C)C)cc1. The number of nitrogens with zero attached hydrogens (tertiary/aromatic N) is 1. The Morgan fingerprint density at radius 1 is 0.903 bits per heavy atom. The van der Waals surface area contributed by atoms with E-state index in [1.165, 1.54) is 11.1 Å². The molecular formula is C27H38N2O2. The molecule has 1 unspecified atom stereocenters. The molecule has 0 saturated heterocycles. The number of nitrogens with one attached hydrogen (secondary N) is 1. The van der Waals surface area contributed by atoms with Gasteiger partial charge >= 0.3 is 0 Å². The van der Waals surface area contributed by atoms with Crippen LogP contribution in [0.3, 0.4) is 0 Å². The van der Waals surface area contributed by atoms with Gasteiger partial charge in [0.25, 0.3) is 0 Å². The predicted molar refractivity (Wildman–Crippen MR) is 128 cm³/mol. The van der Waals surface area contributed by atoms with E-state index in [-0.39, 0.29) is 17.9 Å². The van der Waals surface area contributed by atoms with Crippen molar-refractivity contribution in [3.05, 3.63) is 70.8 Å². The summed E-state index contributed by atoms with van der Waals surface area (Å²) >= 11 is 0. The molecule has 2 aromatic rings. The third kappa shape index (κ3) is 7.54. The summed E-state index contributed by atoms with van der Waals surface area (Å²) < 4.78 is 0. The molecule has 0 bridgehead atoms. The number of amides is 2. The van der Waals surface area contributed by atoms with Crippen molar-refractivity contribution in [2.45, 2.75) is 85.4 Å². The molecule has 168 valence electrons. The maximum absolute atomic E-state index is 13.3. The molecule has 31 heavy (non-hydrogen) atoms. The van der Waals surface area contributed by atoms with Gasteiger partial charge in [-0.2, -0.15) is 0 Å². The standard InChI is InChI=1S/C27H38N2O2/c1-7-25(27(31)28-20(4)5)29(18-23-10-8-21(6)9-11-23)26(30)17-14-22-12-15-24(16-13-22)19(2)3/h8-13,15-16,19-20,25H,7,14,17-18H2,1-6H3,(H,28,31). The number of benzene rings is 2. The maximum atomic E-state index is 13.3. The van der Waals surface area contributed by atoms with Gasteiger partial charge in [-0.15, -0.1) is 0 Å². The molecule has 0 aliphatic carbocycles. The Kier molecular flexibility index (Phi) is 9.29. The van der Waals surface area contributed by atoms with E-state index in [1.54, 1.807) is 4.90 Å². The van der Waals surface area contributed by atoms with E-state index in [4.69, 9.17) is 0 Å². The first kappa shape index (κ1) is 24.6. The molecule has 1 N–H and O–H groups in total. The minimum atomic E-state index is -0.473. The van der Waals surface area contributed by atoms with Gasteiger partial charge < -0.3 is 10.2 Å². The zero-order chi connectivity index (χ0) is 23.0. The van der Waals surface area contributed by atoms with Gasteiger partial charge in [0.2, 0.25) is 11.8 Å². The van der Waals surface area contributed by atoms with Crippen LogP contribution in [0.15, 0.2) is 48.5 Å². The zero-order valence-electron chi connectivity index (χ0n) is 19.9. The number of carbonyl (C=O) groups is 2. The molecule has 0 aromatic heterocycles. The highest BCUT2D eigenvalue weighted by atomic mass is 16.2. The summed E-state index contributed by atoms with van der Waals surface area (Å²) in [5, 5.41) is 2.98. The monoisotopic (exact) mass is 422 g/mol. The van der Waals surface area contributed by atoms with Crippen LogP contribution in [0, 0.1) is 6.92 Å². The lowest BCUT2D eigenvalue weighted by Gasteiger charge is -2.31. The topological polar surface area (TPSA) is 49.4 Å². The van der Waals surface area contributed by atoms with Gasteiger partial charge in [0.15, 0.2) is 0 Å². The molecule has 0 radical (unpaired) electrons. The molecule has 2 aromatic carbocycles. The molecule has 4 nitrogen and oxygen atoms in total. The highest BCUT2D eigenvalue weighted by Crippen LogP contribution is 2.18. The Labute approximate surface area is 188 Å². The van der Waals surface area contributed by atoms with Crippen molar-refractivity contribution in [2.75, 3.05) is 0 Å². The number of hydrogen-bond acceptors (Lipinski definition) is 2. The molecule has 2 amide bonds. The summed E-state index contributed by atoms with van der Waals surface area (Å²) in [7, 11) is 0. The fourth-order valence-corrected chi connectivity index (χ4v) is 3.65. The van der Waals surface area contributed by atoms with E-state index in [0.29, 0.717) is 31.7 Å². The van der Waals surface area contributed by atoms with E-state index in [0.717, 1.165) is 11.1 Å². The quantitative estimate of drug-likeness (QED) is 0.559. The second kappa shape index (κ2) is 11.7. The van der Waals surface area contributed by atoms with Crippen LogP contribution in [-0.2, 0) is 22.6 Å². The Bertz CT molecular complexity index is 839. The maximum Gasteiger partial charge on any atom is 0.243 e. The summed E-state index contributed by atoms with van der Waals surface area (Å²) in [6.45, 7) is 12.7. The fraction of sp³-hybridized carbons (Fsp3) is 0.481. The summed E-state index contributed by atoms with van der Waals surface area (Å²) in [5.41, 5.74) is 4.66. The van der Waals surface area contributed by atoms with Crippen LogP contribution in [0.5, 0.6) is 0 Å². The van der Waals surface area contributed by atoms with Crippen LogP contribution >= 0.6 is 0 Å². The second-order valence-electron chi connectivity index (χ2n) is 8.99. The third-order valence-electron chi connectivity index (χ3n) is 5.56. The molecule has 0 saturated carbocycles. The average Bonchev–Trinajstić information content (AvgIpc) is 2.73. The minimum Gasteiger partial charge on any atom is -0.352 e. The molecule has 0 aliphatic rings. The van der Waals surface area contributed by atoms with Gasteiger partial charge in [0.1, 0.15) is 6.04 Å². The van der Waals surface area contributed by atoms with E-state index >= 15 is 0 Å². The van der Waals surface area contributed by atoms with Gasteiger partial charge in [0, 0.05) is 19.0 Å². The first-order chi connectivity index (χ1) is 14.7.